The van der Waals surface area contributed by atoms with Crippen LogP contribution in [-0.4, -0.2) is 78.7 Å². The van der Waals surface area contributed by atoms with Gasteiger partial charge in [0, 0.05) is 63.1 Å². The summed E-state index contributed by atoms with van der Waals surface area (Å²) in [6.07, 6.45) is -0.702. The topological polar surface area (TPSA) is 83.7 Å². The first-order chi connectivity index (χ1) is 15.8. The van der Waals surface area contributed by atoms with Gasteiger partial charge in [-0.05, 0) is 43.4 Å². The molecule has 4 aliphatic rings. The molecule has 1 saturated carbocycles. The molecule has 3 fully saturated rings. The van der Waals surface area contributed by atoms with Gasteiger partial charge in [-0.1, -0.05) is 0 Å². The zero-order chi connectivity index (χ0) is 23.2. The average Bonchev–Trinajstić information content (AvgIpc) is 3.31. The summed E-state index contributed by atoms with van der Waals surface area (Å²) in [5, 5.41) is 3.61. The van der Waals surface area contributed by atoms with E-state index in [0.717, 1.165) is 58.0 Å². The first-order valence-electron chi connectivity index (χ1n) is 11.9. The largest absolute Gasteiger partial charge is 0.417 e. The number of carbonyl (C=O) groups is 1. The Morgan fingerprint density at radius 1 is 1.30 bits per heavy atom. The van der Waals surface area contributed by atoms with Crippen LogP contribution in [0.2, 0.25) is 0 Å². The van der Waals surface area contributed by atoms with Gasteiger partial charge in [-0.2, -0.15) is 13.2 Å². The molecule has 5 rings (SSSR count). The highest BCUT2D eigenvalue weighted by molar-refractivity contribution is 5.85. The SMILES string of the molecule is N[C@@H]1C[C@H]2C(CCN3CCOCC3)NC[C@@]2(C(=O)N2CCc3ncc(C(F)(F)F)cc3C2)C1. The van der Waals surface area contributed by atoms with Crippen molar-refractivity contribution in [1.82, 2.24) is 20.1 Å². The van der Waals surface area contributed by atoms with E-state index in [4.69, 9.17) is 10.5 Å². The molecular formula is C23H32F3N5O2. The summed E-state index contributed by atoms with van der Waals surface area (Å²) >= 11 is 0. The van der Waals surface area contributed by atoms with Crippen LogP contribution in [0.4, 0.5) is 13.2 Å². The molecule has 0 bridgehead atoms. The monoisotopic (exact) mass is 467 g/mol. The number of pyridine rings is 1. The van der Waals surface area contributed by atoms with E-state index >= 15 is 0 Å². The normalized spacial score (nSPS) is 32.6. The number of aromatic nitrogens is 1. The van der Waals surface area contributed by atoms with Crippen LogP contribution in [0.25, 0.3) is 0 Å². The molecule has 4 atom stereocenters. The maximum atomic E-state index is 13.9. The lowest BCUT2D eigenvalue weighted by molar-refractivity contribution is -0.143. The molecule has 182 valence electrons. The van der Waals surface area contributed by atoms with Crippen molar-refractivity contribution in [3.05, 3.63) is 29.1 Å². The number of nitrogens with one attached hydrogen (secondary N) is 1. The molecule has 3 N–H and O–H groups in total. The number of halogens is 3. The number of rotatable bonds is 4. The van der Waals surface area contributed by atoms with Crippen molar-refractivity contribution in [1.29, 1.82) is 0 Å². The van der Waals surface area contributed by atoms with Crippen LogP contribution in [0.3, 0.4) is 0 Å². The van der Waals surface area contributed by atoms with Crippen molar-refractivity contribution in [2.75, 3.05) is 45.9 Å². The molecule has 4 heterocycles. The fourth-order valence-corrected chi connectivity index (χ4v) is 6.30. The standard InChI is InChI=1S/C23H32F3N5O2/c24-23(25,26)16-9-15-13-31(4-2-19(15)28-12-16)21(32)22-11-17(27)10-18(22)20(29-14-22)1-3-30-5-7-33-8-6-30/h9,12,17-18,20,29H,1-8,10-11,13-14,27H2/t17-,18+,20?,22+/m1/s1. The van der Waals surface area contributed by atoms with E-state index < -0.39 is 17.2 Å². The lowest BCUT2D eigenvalue weighted by atomic mass is 9.75. The summed E-state index contributed by atoms with van der Waals surface area (Å²) in [6, 6.07) is 1.35. The van der Waals surface area contributed by atoms with Crippen molar-refractivity contribution < 1.29 is 22.7 Å². The number of alkyl halides is 3. The molecule has 10 heteroatoms. The number of nitrogens with zero attached hydrogens (tertiary/aromatic N) is 3. The van der Waals surface area contributed by atoms with E-state index in [9.17, 15) is 18.0 Å². The van der Waals surface area contributed by atoms with Gasteiger partial charge in [0.05, 0.1) is 24.2 Å². The minimum Gasteiger partial charge on any atom is -0.379 e. The van der Waals surface area contributed by atoms with Gasteiger partial charge in [-0.25, -0.2) is 0 Å². The third kappa shape index (κ3) is 4.38. The highest BCUT2D eigenvalue weighted by Gasteiger charge is 2.59. The Balaban J connectivity index is 1.30. The second-order valence-corrected chi connectivity index (χ2v) is 10.00. The van der Waals surface area contributed by atoms with E-state index in [0.29, 0.717) is 37.2 Å². The zero-order valence-electron chi connectivity index (χ0n) is 18.7. The molecule has 33 heavy (non-hydrogen) atoms. The summed E-state index contributed by atoms with van der Waals surface area (Å²) < 4.78 is 45.0. The van der Waals surface area contributed by atoms with E-state index in [2.05, 4.69) is 15.2 Å². The summed E-state index contributed by atoms with van der Waals surface area (Å²) in [7, 11) is 0. The van der Waals surface area contributed by atoms with Crippen LogP contribution in [0.5, 0.6) is 0 Å². The fourth-order valence-electron chi connectivity index (χ4n) is 6.30. The third-order valence-electron chi connectivity index (χ3n) is 8.00. The highest BCUT2D eigenvalue weighted by Crippen LogP contribution is 2.50. The van der Waals surface area contributed by atoms with E-state index in [1.54, 1.807) is 4.90 Å². The van der Waals surface area contributed by atoms with Gasteiger partial charge in [-0.15, -0.1) is 0 Å². The molecule has 1 aromatic heterocycles. The minimum absolute atomic E-state index is 0.0255. The molecular weight excluding hydrogens is 435 g/mol. The second-order valence-electron chi connectivity index (χ2n) is 10.00. The van der Waals surface area contributed by atoms with Gasteiger partial charge in [0.15, 0.2) is 0 Å². The van der Waals surface area contributed by atoms with Gasteiger partial charge in [0.2, 0.25) is 5.91 Å². The summed E-state index contributed by atoms with van der Waals surface area (Å²) in [4.78, 5) is 22.0. The quantitative estimate of drug-likeness (QED) is 0.697. The van der Waals surface area contributed by atoms with E-state index in [1.165, 1.54) is 0 Å². The predicted octanol–water partition coefficient (Wildman–Crippen LogP) is 1.40. The van der Waals surface area contributed by atoms with Crippen LogP contribution in [-0.2, 0) is 28.7 Å². The van der Waals surface area contributed by atoms with E-state index in [-0.39, 0.29) is 30.5 Å². The van der Waals surface area contributed by atoms with Crippen molar-refractivity contribution in [2.45, 2.75) is 50.5 Å². The molecule has 3 aliphatic heterocycles. The van der Waals surface area contributed by atoms with Gasteiger partial charge < -0.3 is 20.7 Å². The van der Waals surface area contributed by atoms with Crippen molar-refractivity contribution in [2.24, 2.45) is 17.1 Å². The fraction of sp³-hybridized carbons (Fsp3) is 0.739. The summed E-state index contributed by atoms with van der Waals surface area (Å²) in [6.45, 7) is 5.58. The molecule has 7 nitrogen and oxygen atoms in total. The van der Waals surface area contributed by atoms with Gasteiger partial charge >= 0.3 is 6.18 Å². The summed E-state index contributed by atoms with van der Waals surface area (Å²) in [5.41, 5.74) is 6.18. The Morgan fingerprint density at radius 3 is 2.85 bits per heavy atom. The van der Waals surface area contributed by atoms with Crippen LogP contribution in [0.1, 0.15) is 36.1 Å². The molecule has 0 spiro atoms. The van der Waals surface area contributed by atoms with Gasteiger partial charge in [0.25, 0.3) is 0 Å². The number of carbonyl (C=O) groups excluding carboxylic acids is 1. The number of hydrogen-bond acceptors (Lipinski definition) is 6. The Bertz CT molecular complexity index is 891. The lowest BCUT2D eigenvalue weighted by Crippen LogP contribution is -2.49. The van der Waals surface area contributed by atoms with Crippen molar-refractivity contribution >= 4 is 5.91 Å². The Hall–Kier alpha value is -1.75. The number of fused-ring (bicyclic) bond motifs is 2. The molecule has 1 aromatic rings. The number of amides is 1. The number of ether oxygens (including phenoxy) is 1. The second kappa shape index (κ2) is 8.79. The first-order valence-corrected chi connectivity index (χ1v) is 11.9. The maximum Gasteiger partial charge on any atom is 0.417 e. The average molecular weight is 468 g/mol. The number of nitrogens with two attached hydrogens (primary N) is 1. The molecule has 1 aliphatic carbocycles. The molecule has 1 amide bonds. The van der Waals surface area contributed by atoms with E-state index in [1.807, 2.05) is 0 Å². The Kier molecular flexibility index (Phi) is 6.13. The molecule has 1 unspecified atom stereocenters. The van der Waals surface area contributed by atoms with Crippen LogP contribution in [0.15, 0.2) is 12.3 Å². The van der Waals surface area contributed by atoms with Crippen molar-refractivity contribution in [3.8, 4) is 0 Å². The van der Waals surface area contributed by atoms with Crippen LogP contribution in [0, 0.1) is 11.3 Å². The van der Waals surface area contributed by atoms with Crippen LogP contribution < -0.4 is 11.1 Å². The maximum absolute atomic E-state index is 13.9. The molecule has 0 aromatic carbocycles. The zero-order valence-corrected chi connectivity index (χ0v) is 18.7. The number of hydrogen-bond donors (Lipinski definition) is 2. The van der Waals surface area contributed by atoms with Crippen molar-refractivity contribution in [3.63, 3.8) is 0 Å². The first kappa shape index (κ1) is 23.0. The summed E-state index contributed by atoms with van der Waals surface area (Å²) in [5.74, 6) is 0.187. The highest BCUT2D eigenvalue weighted by atomic mass is 19.4. The Morgan fingerprint density at radius 2 is 2.09 bits per heavy atom. The van der Waals surface area contributed by atoms with Gasteiger partial charge in [-0.3, -0.25) is 14.7 Å². The predicted molar refractivity (Wildman–Crippen MR) is 115 cm³/mol. The third-order valence-corrected chi connectivity index (χ3v) is 8.00. The minimum atomic E-state index is -4.45. The van der Waals surface area contributed by atoms with Crippen LogP contribution >= 0.6 is 0 Å². The smallest absolute Gasteiger partial charge is 0.379 e. The number of morpholine rings is 1. The lowest BCUT2D eigenvalue weighted by Gasteiger charge is -2.37. The Labute approximate surface area is 191 Å². The van der Waals surface area contributed by atoms with Gasteiger partial charge in [0.1, 0.15) is 0 Å². The molecule has 0 radical (unpaired) electrons. The molecule has 2 saturated heterocycles.